The fraction of sp³-hybridized carbons (Fsp3) is 0.357. The van der Waals surface area contributed by atoms with Crippen LogP contribution in [0.3, 0.4) is 0 Å². The highest BCUT2D eigenvalue weighted by Crippen LogP contribution is 2.21. The summed E-state index contributed by atoms with van der Waals surface area (Å²) in [4.78, 5) is 27.2. The summed E-state index contributed by atoms with van der Waals surface area (Å²) in [5.41, 5.74) is -0.451. The van der Waals surface area contributed by atoms with E-state index in [1.165, 1.54) is 6.08 Å². The van der Waals surface area contributed by atoms with Gasteiger partial charge in [-0.1, -0.05) is 6.07 Å². The molecular weight excluding hydrogens is 260 g/mol. The molecule has 20 heavy (non-hydrogen) atoms. The van der Waals surface area contributed by atoms with Gasteiger partial charge >= 0.3 is 5.97 Å². The lowest BCUT2D eigenvalue weighted by Crippen LogP contribution is -2.57. The standard InChI is InChI=1S/C14H16N2O4/c17-12(4-3-11-2-1-7-15-10-11)16-14(13(18)19)5-8-20-9-6-14/h1-4,7,10H,5-6,8-9H2,(H,16,17)(H,18,19)/b4-3+. The molecule has 6 heteroatoms. The molecule has 1 aromatic rings. The van der Waals surface area contributed by atoms with Crippen molar-refractivity contribution in [2.45, 2.75) is 18.4 Å². The molecule has 0 aromatic carbocycles. The highest BCUT2D eigenvalue weighted by Gasteiger charge is 2.41. The number of ether oxygens (including phenoxy) is 1. The molecule has 1 saturated heterocycles. The van der Waals surface area contributed by atoms with E-state index in [4.69, 9.17) is 4.74 Å². The summed E-state index contributed by atoms with van der Waals surface area (Å²) in [7, 11) is 0. The number of carbonyl (C=O) groups excluding carboxylic acids is 1. The van der Waals surface area contributed by atoms with Crippen molar-refractivity contribution in [1.82, 2.24) is 10.3 Å². The van der Waals surface area contributed by atoms with Crippen molar-refractivity contribution in [1.29, 1.82) is 0 Å². The number of rotatable bonds is 4. The molecule has 6 nitrogen and oxygen atoms in total. The minimum absolute atomic E-state index is 0.273. The number of nitrogens with one attached hydrogen (secondary N) is 1. The molecule has 0 bridgehead atoms. The van der Waals surface area contributed by atoms with Crippen molar-refractivity contribution in [3.8, 4) is 0 Å². The van der Waals surface area contributed by atoms with E-state index in [0.717, 1.165) is 5.56 Å². The van der Waals surface area contributed by atoms with Crippen LogP contribution in [0.25, 0.3) is 6.08 Å². The molecule has 0 atom stereocenters. The van der Waals surface area contributed by atoms with Crippen LogP contribution in [-0.2, 0) is 14.3 Å². The van der Waals surface area contributed by atoms with E-state index < -0.39 is 17.4 Å². The van der Waals surface area contributed by atoms with Gasteiger partial charge in [-0.2, -0.15) is 0 Å². The van der Waals surface area contributed by atoms with Gasteiger partial charge in [-0.3, -0.25) is 9.78 Å². The molecule has 0 unspecified atom stereocenters. The zero-order chi connectivity index (χ0) is 14.4. The molecule has 106 valence electrons. The van der Waals surface area contributed by atoms with Crippen molar-refractivity contribution in [2.75, 3.05) is 13.2 Å². The molecule has 0 spiro atoms. The van der Waals surface area contributed by atoms with Crippen LogP contribution in [0.2, 0.25) is 0 Å². The first-order valence-electron chi connectivity index (χ1n) is 6.34. The smallest absolute Gasteiger partial charge is 0.329 e. The maximum atomic E-state index is 11.9. The number of carboxylic acid groups (broad SMARTS) is 1. The highest BCUT2D eigenvalue weighted by molar-refractivity contribution is 5.95. The third-order valence-electron chi connectivity index (χ3n) is 3.23. The first-order valence-corrected chi connectivity index (χ1v) is 6.34. The molecule has 2 N–H and O–H groups in total. The summed E-state index contributed by atoms with van der Waals surface area (Å²) in [6.45, 7) is 0.664. The van der Waals surface area contributed by atoms with Crippen molar-refractivity contribution in [3.05, 3.63) is 36.2 Å². The first kappa shape index (κ1) is 14.2. The second kappa shape index (κ2) is 6.29. The number of aliphatic carboxylic acids is 1. The van der Waals surface area contributed by atoms with Crippen molar-refractivity contribution in [3.63, 3.8) is 0 Å². The van der Waals surface area contributed by atoms with Gasteiger partial charge in [-0.15, -0.1) is 0 Å². The van der Waals surface area contributed by atoms with Gasteiger partial charge in [0.1, 0.15) is 5.54 Å². The summed E-state index contributed by atoms with van der Waals surface area (Å²) < 4.78 is 5.14. The highest BCUT2D eigenvalue weighted by atomic mass is 16.5. The van der Waals surface area contributed by atoms with Crippen LogP contribution >= 0.6 is 0 Å². The van der Waals surface area contributed by atoms with Gasteiger partial charge in [0.25, 0.3) is 0 Å². The van der Waals surface area contributed by atoms with E-state index in [-0.39, 0.29) is 12.8 Å². The summed E-state index contributed by atoms with van der Waals surface area (Å²) >= 11 is 0. The molecule has 0 radical (unpaired) electrons. The van der Waals surface area contributed by atoms with E-state index in [0.29, 0.717) is 13.2 Å². The van der Waals surface area contributed by atoms with Crippen LogP contribution in [0, 0.1) is 0 Å². The second-order valence-electron chi connectivity index (χ2n) is 4.61. The van der Waals surface area contributed by atoms with E-state index in [1.54, 1.807) is 30.6 Å². The molecule has 1 aliphatic rings. The van der Waals surface area contributed by atoms with Gasteiger partial charge in [0.15, 0.2) is 0 Å². The Morgan fingerprint density at radius 2 is 2.15 bits per heavy atom. The zero-order valence-corrected chi connectivity index (χ0v) is 10.9. The Hall–Kier alpha value is -2.21. The van der Waals surface area contributed by atoms with Crippen LogP contribution in [0.1, 0.15) is 18.4 Å². The predicted octanol–water partition coefficient (Wildman–Crippen LogP) is 0.845. The normalized spacial score (nSPS) is 17.8. The zero-order valence-electron chi connectivity index (χ0n) is 10.9. The number of nitrogens with zero attached hydrogens (tertiary/aromatic N) is 1. The minimum Gasteiger partial charge on any atom is -0.480 e. The molecule has 1 fully saturated rings. The summed E-state index contributed by atoms with van der Waals surface area (Å²) in [5.74, 6) is -1.46. The van der Waals surface area contributed by atoms with Crippen LogP contribution in [-0.4, -0.2) is 40.7 Å². The first-order chi connectivity index (χ1) is 9.62. The number of hydrogen-bond donors (Lipinski definition) is 2. The van der Waals surface area contributed by atoms with Crippen LogP contribution in [0.15, 0.2) is 30.6 Å². The lowest BCUT2D eigenvalue weighted by Gasteiger charge is -2.33. The Kier molecular flexibility index (Phi) is 4.47. The van der Waals surface area contributed by atoms with Gasteiger partial charge in [0.2, 0.25) is 5.91 Å². The Bertz CT molecular complexity index is 507. The molecular formula is C14H16N2O4. The largest absolute Gasteiger partial charge is 0.480 e. The molecule has 0 aliphatic carbocycles. The molecule has 1 aliphatic heterocycles. The molecule has 2 rings (SSSR count). The summed E-state index contributed by atoms with van der Waals surface area (Å²) in [5, 5.41) is 11.9. The van der Waals surface area contributed by atoms with Crippen molar-refractivity contribution >= 4 is 18.0 Å². The van der Waals surface area contributed by atoms with Gasteiger partial charge in [-0.05, 0) is 17.7 Å². The van der Waals surface area contributed by atoms with Crippen LogP contribution in [0.4, 0.5) is 0 Å². The van der Waals surface area contributed by atoms with E-state index in [1.807, 2.05) is 0 Å². The van der Waals surface area contributed by atoms with E-state index in [9.17, 15) is 14.7 Å². The summed E-state index contributed by atoms with van der Waals surface area (Å²) in [6, 6.07) is 3.56. The number of carbonyl (C=O) groups is 2. The molecule has 2 heterocycles. The SMILES string of the molecule is O=C(/C=C/c1cccnc1)NC1(C(=O)O)CCOCC1. The second-order valence-corrected chi connectivity index (χ2v) is 4.61. The number of amides is 1. The molecule has 0 saturated carbocycles. The predicted molar refractivity (Wildman–Crippen MR) is 71.8 cm³/mol. The van der Waals surface area contributed by atoms with E-state index in [2.05, 4.69) is 10.3 Å². The van der Waals surface area contributed by atoms with Crippen LogP contribution < -0.4 is 5.32 Å². The Labute approximate surface area is 116 Å². The molecule has 1 aromatic heterocycles. The Balaban J connectivity index is 2.02. The quantitative estimate of drug-likeness (QED) is 0.796. The van der Waals surface area contributed by atoms with Gasteiger partial charge in [0.05, 0.1) is 0 Å². The third kappa shape index (κ3) is 3.42. The van der Waals surface area contributed by atoms with E-state index >= 15 is 0 Å². The third-order valence-corrected chi connectivity index (χ3v) is 3.23. The lowest BCUT2D eigenvalue weighted by atomic mass is 9.90. The number of aromatic nitrogens is 1. The van der Waals surface area contributed by atoms with Gasteiger partial charge in [0, 0.05) is 44.5 Å². The number of hydrogen-bond acceptors (Lipinski definition) is 4. The van der Waals surface area contributed by atoms with Crippen LogP contribution in [0.5, 0.6) is 0 Å². The molecule has 1 amide bonds. The average Bonchev–Trinajstić information content (AvgIpc) is 2.47. The Morgan fingerprint density at radius 1 is 1.40 bits per heavy atom. The number of pyridine rings is 1. The van der Waals surface area contributed by atoms with Crippen molar-refractivity contribution in [2.24, 2.45) is 0 Å². The van der Waals surface area contributed by atoms with Gasteiger partial charge < -0.3 is 15.2 Å². The maximum absolute atomic E-state index is 11.9. The minimum atomic E-state index is -1.23. The Morgan fingerprint density at radius 3 is 2.75 bits per heavy atom. The monoisotopic (exact) mass is 276 g/mol. The summed E-state index contributed by atoms with van der Waals surface area (Å²) in [6.07, 6.45) is 6.71. The maximum Gasteiger partial charge on any atom is 0.329 e. The number of carboxylic acids is 1. The fourth-order valence-electron chi connectivity index (χ4n) is 2.04. The average molecular weight is 276 g/mol. The fourth-order valence-corrected chi connectivity index (χ4v) is 2.04. The van der Waals surface area contributed by atoms with Gasteiger partial charge in [-0.25, -0.2) is 4.79 Å². The topological polar surface area (TPSA) is 88.5 Å². The lowest BCUT2D eigenvalue weighted by molar-refractivity contribution is -0.151. The van der Waals surface area contributed by atoms with Crippen molar-refractivity contribution < 1.29 is 19.4 Å².